The second-order valence-corrected chi connectivity index (χ2v) is 5.92. The molecule has 4 heterocycles. The molecule has 20 heavy (non-hydrogen) atoms. The fourth-order valence-corrected chi connectivity index (χ4v) is 3.54. The van der Waals surface area contributed by atoms with E-state index in [2.05, 4.69) is 53.0 Å². The van der Waals surface area contributed by atoms with Crippen molar-refractivity contribution in [3.63, 3.8) is 0 Å². The van der Waals surface area contributed by atoms with Crippen LogP contribution in [0.2, 0.25) is 0 Å². The number of anilines is 1. The highest BCUT2D eigenvalue weighted by Crippen LogP contribution is 2.30. The molecule has 102 valence electrons. The van der Waals surface area contributed by atoms with E-state index in [-0.39, 0.29) is 0 Å². The van der Waals surface area contributed by atoms with Crippen molar-refractivity contribution in [3.8, 4) is 0 Å². The van der Waals surface area contributed by atoms with Crippen molar-refractivity contribution in [2.45, 2.75) is 0 Å². The maximum absolute atomic E-state index is 4.86. The second kappa shape index (κ2) is 4.85. The summed E-state index contributed by atoms with van der Waals surface area (Å²) in [6.07, 6.45) is 3.74. The normalized spacial score (nSPS) is 16.1. The maximum Gasteiger partial charge on any atom is 0.152 e. The van der Waals surface area contributed by atoms with Crippen LogP contribution in [0.3, 0.4) is 0 Å². The van der Waals surface area contributed by atoms with E-state index in [0.29, 0.717) is 0 Å². The summed E-state index contributed by atoms with van der Waals surface area (Å²) >= 11 is 2.31. The Hall–Kier alpha value is -1.41. The lowest BCUT2D eigenvalue weighted by molar-refractivity contribution is 0.585. The van der Waals surface area contributed by atoms with Crippen molar-refractivity contribution >= 4 is 50.6 Å². The van der Waals surface area contributed by atoms with E-state index >= 15 is 0 Å². The van der Waals surface area contributed by atoms with Gasteiger partial charge < -0.3 is 10.2 Å². The predicted molar refractivity (Wildman–Crippen MR) is 89.5 cm³/mol. The molecule has 0 radical (unpaired) electrons. The van der Waals surface area contributed by atoms with Gasteiger partial charge in [-0.3, -0.25) is 7.76 Å². The van der Waals surface area contributed by atoms with Gasteiger partial charge in [-0.25, -0.2) is 4.98 Å². The topological polar surface area (TPSA) is 46.0 Å². The van der Waals surface area contributed by atoms with E-state index in [9.17, 15) is 0 Å². The van der Waals surface area contributed by atoms with Crippen LogP contribution in [0.25, 0.3) is 21.9 Å². The Morgan fingerprint density at radius 3 is 2.80 bits per heavy atom. The zero-order valence-electron chi connectivity index (χ0n) is 10.9. The number of pyridine rings is 2. The van der Waals surface area contributed by atoms with Crippen LogP contribution in [0.5, 0.6) is 0 Å². The van der Waals surface area contributed by atoms with Gasteiger partial charge in [0.2, 0.25) is 0 Å². The van der Waals surface area contributed by atoms with Crippen molar-refractivity contribution < 1.29 is 0 Å². The standard InChI is InChI=1S/C14H14IN5/c15-20-12-3-4-17-9-11(12)10-1-2-13(18-14(10)20)19-7-5-16-6-8-19/h1-4,9,16H,5-8H2. The van der Waals surface area contributed by atoms with Crippen LogP contribution in [0, 0.1) is 0 Å². The summed E-state index contributed by atoms with van der Waals surface area (Å²) in [6.45, 7) is 4.08. The number of rotatable bonds is 1. The van der Waals surface area contributed by atoms with Crippen LogP contribution in [0.1, 0.15) is 0 Å². The maximum atomic E-state index is 4.86. The molecular formula is C14H14IN5. The molecule has 0 spiro atoms. The molecule has 0 aromatic carbocycles. The van der Waals surface area contributed by atoms with E-state index in [1.807, 2.05) is 18.5 Å². The lowest BCUT2D eigenvalue weighted by atomic mass is 10.2. The van der Waals surface area contributed by atoms with Gasteiger partial charge in [-0.1, -0.05) is 0 Å². The molecule has 5 nitrogen and oxygen atoms in total. The Balaban J connectivity index is 1.90. The molecule has 0 bridgehead atoms. The molecule has 0 saturated carbocycles. The number of fused-ring (bicyclic) bond motifs is 3. The first-order valence-electron chi connectivity index (χ1n) is 6.71. The highest BCUT2D eigenvalue weighted by Gasteiger charge is 2.15. The molecule has 0 aliphatic carbocycles. The van der Waals surface area contributed by atoms with Gasteiger partial charge in [0.05, 0.1) is 28.4 Å². The molecule has 3 aromatic heterocycles. The molecule has 1 N–H and O–H groups in total. The number of nitrogens with zero attached hydrogens (tertiary/aromatic N) is 4. The van der Waals surface area contributed by atoms with Crippen molar-refractivity contribution in [2.24, 2.45) is 0 Å². The molecule has 0 atom stereocenters. The molecule has 3 aromatic rings. The summed E-state index contributed by atoms with van der Waals surface area (Å²) < 4.78 is 2.12. The fourth-order valence-electron chi connectivity index (χ4n) is 2.75. The molecule has 6 heteroatoms. The van der Waals surface area contributed by atoms with Crippen molar-refractivity contribution in [1.29, 1.82) is 0 Å². The molecule has 1 fully saturated rings. The Morgan fingerprint density at radius 2 is 1.95 bits per heavy atom. The Morgan fingerprint density at radius 1 is 1.10 bits per heavy atom. The van der Waals surface area contributed by atoms with Gasteiger partial charge in [0.25, 0.3) is 0 Å². The van der Waals surface area contributed by atoms with Gasteiger partial charge in [0, 0.05) is 49.3 Å². The molecule has 1 aliphatic rings. The van der Waals surface area contributed by atoms with Gasteiger partial charge in [-0.2, -0.15) is 0 Å². The Kier molecular flexibility index (Phi) is 2.99. The lowest BCUT2D eigenvalue weighted by Gasteiger charge is -2.28. The second-order valence-electron chi connectivity index (χ2n) is 4.95. The van der Waals surface area contributed by atoms with Crippen molar-refractivity contribution in [3.05, 3.63) is 30.6 Å². The number of hydrogen-bond acceptors (Lipinski definition) is 4. The van der Waals surface area contributed by atoms with Gasteiger partial charge >= 0.3 is 0 Å². The summed E-state index contributed by atoms with van der Waals surface area (Å²) in [6, 6.07) is 6.32. The molecule has 1 saturated heterocycles. The lowest BCUT2D eigenvalue weighted by Crippen LogP contribution is -2.43. The van der Waals surface area contributed by atoms with Crippen LogP contribution >= 0.6 is 22.9 Å². The largest absolute Gasteiger partial charge is 0.354 e. The number of hydrogen-bond donors (Lipinski definition) is 1. The molecule has 1 aliphatic heterocycles. The molecule has 0 amide bonds. The highest BCUT2D eigenvalue weighted by atomic mass is 127. The minimum Gasteiger partial charge on any atom is -0.354 e. The summed E-state index contributed by atoms with van der Waals surface area (Å²) in [5, 5.41) is 5.70. The molecular weight excluding hydrogens is 365 g/mol. The van der Waals surface area contributed by atoms with E-state index in [1.54, 1.807) is 0 Å². The van der Waals surface area contributed by atoms with Crippen LogP contribution in [0.15, 0.2) is 30.6 Å². The van der Waals surface area contributed by atoms with E-state index < -0.39 is 0 Å². The first-order chi connectivity index (χ1) is 9.84. The highest BCUT2D eigenvalue weighted by molar-refractivity contribution is 14.1. The first-order valence-corrected chi connectivity index (χ1v) is 7.68. The van der Waals surface area contributed by atoms with Crippen LogP contribution < -0.4 is 10.2 Å². The number of nitrogens with one attached hydrogen (secondary N) is 1. The summed E-state index contributed by atoms with van der Waals surface area (Å²) in [4.78, 5) is 11.4. The van der Waals surface area contributed by atoms with Gasteiger partial charge in [-0.05, 0) is 18.2 Å². The van der Waals surface area contributed by atoms with Gasteiger partial charge in [0.15, 0.2) is 5.65 Å². The first kappa shape index (κ1) is 12.3. The van der Waals surface area contributed by atoms with E-state index in [1.165, 1.54) is 10.9 Å². The van der Waals surface area contributed by atoms with Gasteiger partial charge in [0.1, 0.15) is 5.82 Å². The fraction of sp³-hybridized carbons (Fsp3) is 0.286. The molecule has 4 rings (SSSR count). The van der Waals surface area contributed by atoms with Gasteiger partial charge in [-0.15, -0.1) is 0 Å². The average Bonchev–Trinajstić information content (AvgIpc) is 2.81. The average molecular weight is 379 g/mol. The van der Waals surface area contributed by atoms with Crippen LogP contribution in [-0.4, -0.2) is 38.9 Å². The van der Waals surface area contributed by atoms with Crippen LogP contribution in [-0.2, 0) is 0 Å². The Labute approximate surface area is 130 Å². The van der Waals surface area contributed by atoms with Crippen molar-refractivity contribution in [1.82, 2.24) is 18.1 Å². The summed E-state index contributed by atoms with van der Waals surface area (Å²) in [5.41, 5.74) is 2.19. The van der Waals surface area contributed by atoms with E-state index in [4.69, 9.17) is 4.98 Å². The summed E-state index contributed by atoms with van der Waals surface area (Å²) in [7, 11) is 0. The zero-order valence-corrected chi connectivity index (χ0v) is 13.0. The number of halogens is 1. The third-order valence-electron chi connectivity index (χ3n) is 3.79. The zero-order chi connectivity index (χ0) is 13.5. The predicted octanol–water partition coefficient (Wildman–Crippen LogP) is 2.19. The molecule has 0 unspecified atom stereocenters. The third kappa shape index (κ3) is 1.86. The van der Waals surface area contributed by atoms with E-state index in [0.717, 1.165) is 43.0 Å². The number of aromatic nitrogens is 3. The summed E-state index contributed by atoms with van der Waals surface area (Å²) in [5.74, 6) is 1.06. The monoisotopic (exact) mass is 379 g/mol. The minimum atomic E-state index is 1.02. The Bertz CT molecular complexity index is 776. The third-order valence-corrected chi connectivity index (χ3v) is 4.76. The van der Waals surface area contributed by atoms with Crippen LogP contribution in [0.4, 0.5) is 5.82 Å². The smallest absolute Gasteiger partial charge is 0.152 e. The van der Waals surface area contributed by atoms with Crippen molar-refractivity contribution in [2.75, 3.05) is 31.1 Å². The SMILES string of the molecule is In1c2ccncc2c2ccc(N3CCNCC3)nc21. The number of piperazine rings is 1. The minimum absolute atomic E-state index is 1.02. The quantitative estimate of drug-likeness (QED) is 0.659.